The molecule has 0 saturated heterocycles. The van der Waals surface area contributed by atoms with Crippen LogP contribution in [0.5, 0.6) is 0 Å². The molecule has 0 radical (unpaired) electrons. The highest BCUT2D eigenvalue weighted by Gasteiger charge is 2.30. The quantitative estimate of drug-likeness (QED) is 0.817. The number of nitrogens with one attached hydrogen (secondary N) is 1. The number of halogens is 3. The summed E-state index contributed by atoms with van der Waals surface area (Å²) in [6, 6.07) is 8.14. The molecule has 2 rings (SSSR count). The number of alkyl halides is 3. The highest BCUT2D eigenvalue weighted by molar-refractivity contribution is 8.00. The van der Waals surface area contributed by atoms with Gasteiger partial charge in [0, 0.05) is 10.6 Å². The number of rotatable bonds is 4. The first-order valence-electron chi connectivity index (χ1n) is 5.57. The number of benzene rings is 1. The fourth-order valence-corrected chi connectivity index (χ4v) is 2.23. The lowest BCUT2D eigenvalue weighted by molar-refractivity contribution is -0.0327. The molecule has 0 aliphatic heterocycles. The average molecular weight is 287 g/mol. The van der Waals surface area contributed by atoms with Crippen molar-refractivity contribution in [2.75, 3.05) is 5.32 Å². The van der Waals surface area contributed by atoms with Gasteiger partial charge in [-0.25, -0.2) is 0 Å². The van der Waals surface area contributed by atoms with Gasteiger partial charge in [0.2, 0.25) is 0 Å². The third-order valence-electron chi connectivity index (χ3n) is 2.52. The second-order valence-corrected chi connectivity index (χ2v) is 5.03. The second kappa shape index (κ2) is 5.61. The van der Waals surface area contributed by atoms with E-state index in [0.717, 1.165) is 5.56 Å². The van der Waals surface area contributed by atoms with Crippen molar-refractivity contribution in [1.29, 1.82) is 0 Å². The van der Waals surface area contributed by atoms with Crippen molar-refractivity contribution in [3.05, 3.63) is 47.9 Å². The monoisotopic (exact) mass is 287 g/mol. The maximum atomic E-state index is 12.4. The number of furan rings is 1. The van der Waals surface area contributed by atoms with Crippen molar-refractivity contribution in [1.82, 2.24) is 0 Å². The molecule has 0 spiro atoms. The Morgan fingerprint density at radius 1 is 1.21 bits per heavy atom. The van der Waals surface area contributed by atoms with E-state index in [1.807, 2.05) is 13.0 Å². The number of thioether (sulfide) groups is 1. The molecular formula is C13H12F3NOS. The predicted molar refractivity (Wildman–Crippen MR) is 69.1 cm³/mol. The fraction of sp³-hybridized carbons (Fsp3) is 0.231. The highest BCUT2D eigenvalue weighted by Crippen LogP contribution is 2.40. The van der Waals surface area contributed by atoms with Crippen molar-refractivity contribution in [3.8, 4) is 0 Å². The molecule has 0 fully saturated rings. The average Bonchev–Trinajstić information content (AvgIpc) is 2.72. The normalized spacial score (nSPS) is 11.6. The minimum Gasteiger partial charge on any atom is -0.467 e. The minimum absolute atomic E-state index is 0.124. The van der Waals surface area contributed by atoms with Gasteiger partial charge in [-0.1, -0.05) is 12.1 Å². The van der Waals surface area contributed by atoms with Crippen LogP contribution in [0.4, 0.5) is 18.9 Å². The second-order valence-electron chi connectivity index (χ2n) is 3.92. The number of anilines is 1. The van der Waals surface area contributed by atoms with Crippen LogP contribution < -0.4 is 5.32 Å². The molecule has 19 heavy (non-hydrogen) atoms. The Kier molecular flexibility index (Phi) is 4.09. The molecule has 6 heteroatoms. The Morgan fingerprint density at radius 3 is 2.58 bits per heavy atom. The molecule has 1 N–H and O–H groups in total. The van der Waals surface area contributed by atoms with Gasteiger partial charge >= 0.3 is 5.51 Å². The van der Waals surface area contributed by atoms with Crippen LogP contribution >= 0.6 is 11.8 Å². The molecule has 2 aromatic rings. The van der Waals surface area contributed by atoms with Gasteiger partial charge < -0.3 is 9.73 Å². The zero-order valence-corrected chi connectivity index (χ0v) is 10.9. The predicted octanol–water partition coefficient (Wildman–Crippen LogP) is 4.81. The van der Waals surface area contributed by atoms with E-state index in [-0.39, 0.29) is 16.7 Å². The van der Waals surface area contributed by atoms with Gasteiger partial charge in [-0.05, 0) is 42.4 Å². The van der Waals surface area contributed by atoms with E-state index in [1.165, 1.54) is 6.07 Å². The summed E-state index contributed by atoms with van der Waals surface area (Å²) in [5, 5.41) is 2.96. The molecule has 0 unspecified atom stereocenters. The van der Waals surface area contributed by atoms with Crippen molar-refractivity contribution < 1.29 is 17.6 Å². The van der Waals surface area contributed by atoms with E-state index in [4.69, 9.17) is 4.42 Å². The third-order valence-corrected chi connectivity index (χ3v) is 3.33. The minimum atomic E-state index is -4.29. The molecule has 0 aliphatic carbocycles. The van der Waals surface area contributed by atoms with Crippen LogP contribution in [0.25, 0.3) is 0 Å². The number of aryl methyl sites for hydroxylation is 1. The van der Waals surface area contributed by atoms with Gasteiger partial charge in [0.05, 0.1) is 12.8 Å². The first-order valence-corrected chi connectivity index (χ1v) is 6.39. The summed E-state index contributed by atoms with van der Waals surface area (Å²) in [6.07, 6.45) is 1.56. The lowest BCUT2D eigenvalue weighted by atomic mass is 10.2. The van der Waals surface area contributed by atoms with E-state index in [2.05, 4.69) is 5.32 Å². The van der Waals surface area contributed by atoms with E-state index < -0.39 is 5.51 Å². The molecule has 1 aromatic carbocycles. The van der Waals surface area contributed by atoms with Gasteiger partial charge in [0.25, 0.3) is 0 Å². The van der Waals surface area contributed by atoms with Gasteiger partial charge in [0.15, 0.2) is 0 Å². The Balaban J connectivity index is 2.10. The molecule has 0 aliphatic rings. The molecule has 0 bridgehead atoms. The van der Waals surface area contributed by atoms with Crippen molar-refractivity contribution >= 4 is 17.4 Å². The standard InChI is InChI=1S/C13H12F3NOS/c1-9-6-7-18-11(9)8-17-10-4-2-3-5-12(10)19-13(14,15)16/h2-7,17H,8H2,1H3. The van der Waals surface area contributed by atoms with E-state index in [1.54, 1.807) is 24.5 Å². The largest absolute Gasteiger partial charge is 0.467 e. The van der Waals surface area contributed by atoms with Crippen molar-refractivity contribution in [2.24, 2.45) is 0 Å². The summed E-state index contributed by atoms with van der Waals surface area (Å²) in [7, 11) is 0. The van der Waals surface area contributed by atoms with Gasteiger partial charge in [-0.2, -0.15) is 13.2 Å². The maximum absolute atomic E-state index is 12.4. The lowest BCUT2D eigenvalue weighted by Gasteiger charge is -2.12. The topological polar surface area (TPSA) is 25.2 Å². The summed E-state index contributed by atoms with van der Waals surface area (Å²) in [5.74, 6) is 0.715. The van der Waals surface area contributed by atoms with Crippen LogP contribution in [0.2, 0.25) is 0 Å². The van der Waals surface area contributed by atoms with E-state index in [0.29, 0.717) is 18.0 Å². The highest BCUT2D eigenvalue weighted by atomic mass is 32.2. The van der Waals surface area contributed by atoms with Crippen LogP contribution in [0.15, 0.2) is 45.9 Å². The molecule has 102 valence electrons. The van der Waals surface area contributed by atoms with Crippen LogP contribution in [-0.4, -0.2) is 5.51 Å². The van der Waals surface area contributed by atoms with E-state index in [9.17, 15) is 13.2 Å². The molecule has 0 atom stereocenters. The number of para-hydroxylation sites is 1. The van der Waals surface area contributed by atoms with Crippen LogP contribution in [0.3, 0.4) is 0 Å². The van der Waals surface area contributed by atoms with Gasteiger partial charge in [0.1, 0.15) is 5.76 Å². The van der Waals surface area contributed by atoms with Crippen molar-refractivity contribution in [3.63, 3.8) is 0 Å². The fourth-order valence-electron chi connectivity index (χ4n) is 1.59. The summed E-state index contributed by atoms with van der Waals surface area (Å²) in [4.78, 5) is 0.152. The molecule has 1 aromatic heterocycles. The smallest absolute Gasteiger partial charge is 0.446 e. The molecule has 0 saturated carbocycles. The Labute approximate surface area is 113 Å². The molecule has 2 nitrogen and oxygen atoms in total. The summed E-state index contributed by atoms with van der Waals surface area (Å²) in [6.45, 7) is 2.24. The third kappa shape index (κ3) is 3.96. The van der Waals surface area contributed by atoms with Gasteiger partial charge in [-0.15, -0.1) is 0 Å². The van der Waals surface area contributed by atoms with E-state index >= 15 is 0 Å². The van der Waals surface area contributed by atoms with Crippen LogP contribution in [-0.2, 0) is 6.54 Å². The zero-order valence-electron chi connectivity index (χ0n) is 10.1. The lowest BCUT2D eigenvalue weighted by Crippen LogP contribution is -2.04. The maximum Gasteiger partial charge on any atom is 0.446 e. The summed E-state index contributed by atoms with van der Waals surface area (Å²) in [5.41, 5.74) is -2.88. The Bertz CT molecular complexity index is 551. The van der Waals surface area contributed by atoms with Gasteiger partial charge in [-0.3, -0.25) is 0 Å². The summed E-state index contributed by atoms with van der Waals surface area (Å²) >= 11 is -0.124. The van der Waals surface area contributed by atoms with Crippen LogP contribution in [0, 0.1) is 6.92 Å². The first-order chi connectivity index (χ1) is 8.96. The SMILES string of the molecule is Cc1ccoc1CNc1ccccc1SC(F)(F)F. The van der Waals surface area contributed by atoms with Crippen LogP contribution in [0.1, 0.15) is 11.3 Å². The Hall–Kier alpha value is -1.56. The molecule has 0 amide bonds. The number of hydrogen-bond acceptors (Lipinski definition) is 3. The zero-order chi connectivity index (χ0) is 13.9. The molecule has 1 heterocycles. The summed E-state index contributed by atoms with van der Waals surface area (Å²) < 4.78 is 42.5. The van der Waals surface area contributed by atoms with Crippen molar-refractivity contribution in [2.45, 2.75) is 23.9 Å². The number of hydrogen-bond donors (Lipinski definition) is 1. The Morgan fingerprint density at radius 2 is 1.95 bits per heavy atom. The first kappa shape index (κ1) is 13.9. The molecular weight excluding hydrogens is 275 g/mol.